The van der Waals surface area contributed by atoms with Crippen LogP contribution in [0.3, 0.4) is 0 Å². The molecule has 29 heavy (non-hydrogen) atoms. The van der Waals surface area contributed by atoms with Crippen LogP contribution >= 0.6 is 0 Å². The standard InChI is InChI=1S/C25H39NO3/c1-16-10-9-11-21(17(16)2)26-22(27)15-29-23(28)18-12-19(24(3,4)5)14-20(13-18)25(6,7)8/h12-14,16-17,21H,9-11,15H2,1-8H3,(H,26,27). The molecule has 1 N–H and O–H groups in total. The van der Waals surface area contributed by atoms with E-state index in [-0.39, 0.29) is 29.4 Å². The first kappa shape index (κ1) is 23.4. The summed E-state index contributed by atoms with van der Waals surface area (Å²) >= 11 is 0. The van der Waals surface area contributed by atoms with Gasteiger partial charge < -0.3 is 10.1 Å². The summed E-state index contributed by atoms with van der Waals surface area (Å²) in [4.78, 5) is 25.1. The number of benzene rings is 1. The van der Waals surface area contributed by atoms with Gasteiger partial charge in [0.2, 0.25) is 0 Å². The largest absolute Gasteiger partial charge is 0.452 e. The van der Waals surface area contributed by atoms with Gasteiger partial charge in [-0.1, -0.05) is 74.3 Å². The second-order valence-corrected chi connectivity index (χ2v) is 10.8. The molecule has 0 aromatic heterocycles. The smallest absolute Gasteiger partial charge is 0.338 e. The maximum atomic E-state index is 12.7. The van der Waals surface area contributed by atoms with Crippen LogP contribution in [-0.4, -0.2) is 24.5 Å². The predicted molar refractivity (Wildman–Crippen MR) is 118 cm³/mol. The average Bonchev–Trinajstić information content (AvgIpc) is 2.61. The minimum atomic E-state index is -0.443. The lowest BCUT2D eigenvalue weighted by Crippen LogP contribution is -2.45. The number of rotatable bonds is 4. The molecule has 1 aromatic rings. The van der Waals surface area contributed by atoms with Gasteiger partial charge in [0, 0.05) is 6.04 Å². The van der Waals surface area contributed by atoms with E-state index in [0.717, 1.165) is 24.0 Å². The summed E-state index contributed by atoms with van der Waals surface area (Å²) in [5.74, 6) is 0.392. The summed E-state index contributed by atoms with van der Waals surface area (Å²) in [7, 11) is 0. The minimum Gasteiger partial charge on any atom is -0.452 e. The summed E-state index contributed by atoms with van der Waals surface area (Å²) < 4.78 is 5.38. The Bertz CT molecular complexity index is 707. The number of carbonyl (C=O) groups is 2. The zero-order valence-corrected chi connectivity index (χ0v) is 19.5. The Labute approximate surface area is 176 Å². The molecule has 1 aromatic carbocycles. The molecule has 1 aliphatic carbocycles. The van der Waals surface area contributed by atoms with E-state index in [2.05, 4.69) is 66.8 Å². The van der Waals surface area contributed by atoms with Crippen LogP contribution in [0.4, 0.5) is 0 Å². The van der Waals surface area contributed by atoms with Gasteiger partial charge in [-0.15, -0.1) is 0 Å². The molecule has 2 rings (SSSR count). The van der Waals surface area contributed by atoms with Gasteiger partial charge in [0.25, 0.3) is 5.91 Å². The highest BCUT2D eigenvalue weighted by Gasteiger charge is 2.28. The van der Waals surface area contributed by atoms with Crippen molar-refractivity contribution < 1.29 is 14.3 Å². The first-order valence-electron chi connectivity index (χ1n) is 10.9. The molecule has 0 spiro atoms. The normalized spacial score (nSPS) is 22.8. The molecule has 1 aliphatic rings. The monoisotopic (exact) mass is 401 g/mol. The first-order chi connectivity index (χ1) is 13.3. The summed E-state index contributed by atoms with van der Waals surface area (Å²) in [5.41, 5.74) is 2.52. The zero-order chi connectivity index (χ0) is 22.0. The van der Waals surface area contributed by atoms with Crippen LogP contribution in [0.5, 0.6) is 0 Å². The molecule has 3 atom stereocenters. The van der Waals surface area contributed by atoms with Crippen molar-refractivity contribution in [1.82, 2.24) is 5.32 Å². The lowest BCUT2D eigenvalue weighted by Gasteiger charge is -2.34. The average molecular weight is 402 g/mol. The minimum absolute atomic E-state index is 0.0819. The topological polar surface area (TPSA) is 55.4 Å². The van der Waals surface area contributed by atoms with Gasteiger partial charge in [0.15, 0.2) is 6.61 Å². The van der Waals surface area contributed by atoms with E-state index < -0.39 is 5.97 Å². The molecule has 4 nitrogen and oxygen atoms in total. The fourth-order valence-electron chi connectivity index (χ4n) is 3.86. The van der Waals surface area contributed by atoms with Crippen molar-refractivity contribution in [3.8, 4) is 0 Å². The summed E-state index contributed by atoms with van der Waals surface area (Å²) in [5, 5.41) is 3.06. The van der Waals surface area contributed by atoms with Gasteiger partial charge in [-0.2, -0.15) is 0 Å². The van der Waals surface area contributed by atoms with Crippen LogP contribution in [0.2, 0.25) is 0 Å². The predicted octanol–water partition coefficient (Wildman–Crippen LogP) is 5.38. The lowest BCUT2D eigenvalue weighted by molar-refractivity contribution is -0.125. The lowest BCUT2D eigenvalue weighted by atomic mass is 9.78. The SMILES string of the molecule is CC1CCCC(NC(=O)COC(=O)c2cc(C(C)(C)C)cc(C(C)(C)C)c2)C1C. The number of carbonyl (C=O) groups excluding carboxylic acids is 2. The molecule has 162 valence electrons. The molecular formula is C25H39NO3. The van der Waals surface area contributed by atoms with E-state index in [1.54, 1.807) is 0 Å². The summed E-state index contributed by atoms with van der Waals surface area (Å²) in [6, 6.07) is 6.11. The Balaban J connectivity index is 2.07. The van der Waals surface area contributed by atoms with Crippen molar-refractivity contribution in [3.63, 3.8) is 0 Å². The molecule has 3 unspecified atom stereocenters. The van der Waals surface area contributed by atoms with Crippen LogP contribution in [0.25, 0.3) is 0 Å². The molecule has 0 heterocycles. The third kappa shape index (κ3) is 6.32. The Morgan fingerprint density at radius 3 is 2.03 bits per heavy atom. The van der Waals surface area contributed by atoms with E-state index >= 15 is 0 Å². The highest BCUT2D eigenvalue weighted by Crippen LogP contribution is 2.31. The number of ether oxygens (including phenoxy) is 1. The molecule has 1 saturated carbocycles. The quantitative estimate of drug-likeness (QED) is 0.689. The van der Waals surface area contributed by atoms with Crippen molar-refractivity contribution >= 4 is 11.9 Å². The van der Waals surface area contributed by atoms with Gasteiger partial charge in [0.05, 0.1) is 5.56 Å². The molecule has 0 bridgehead atoms. The summed E-state index contributed by atoms with van der Waals surface area (Å²) in [6.45, 7) is 17.0. The van der Waals surface area contributed by atoms with Crippen molar-refractivity contribution in [3.05, 3.63) is 34.9 Å². The Hall–Kier alpha value is -1.84. The molecule has 0 radical (unpaired) electrons. The maximum absolute atomic E-state index is 12.7. The number of nitrogens with one attached hydrogen (secondary N) is 1. The van der Waals surface area contributed by atoms with E-state index in [1.807, 2.05) is 12.1 Å². The highest BCUT2D eigenvalue weighted by atomic mass is 16.5. The number of amides is 1. The van der Waals surface area contributed by atoms with E-state index in [9.17, 15) is 9.59 Å². The molecule has 1 fully saturated rings. The molecular weight excluding hydrogens is 362 g/mol. The third-order valence-corrected chi connectivity index (χ3v) is 6.29. The zero-order valence-electron chi connectivity index (χ0n) is 19.5. The van der Waals surface area contributed by atoms with Gasteiger partial charge in [-0.3, -0.25) is 4.79 Å². The molecule has 0 aliphatic heterocycles. The Morgan fingerprint density at radius 2 is 1.52 bits per heavy atom. The second-order valence-electron chi connectivity index (χ2n) is 10.8. The van der Waals surface area contributed by atoms with Gasteiger partial charge in [0.1, 0.15) is 0 Å². The number of esters is 1. The van der Waals surface area contributed by atoms with Crippen molar-refractivity contribution in [2.75, 3.05) is 6.61 Å². The van der Waals surface area contributed by atoms with E-state index in [1.165, 1.54) is 6.42 Å². The van der Waals surface area contributed by atoms with Gasteiger partial charge >= 0.3 is 5.97 Å². The van der Waals surface area contributed by atoms with Crippen LogP contribution in [0.15, 0.2) is 18.2 Å². The van der Waals surface area contributed by atoms with Gasteiger partial charge in [-0.25, -0.2) is 4.79 Å². The fourth-order valence-corrected chi connectivity index (χ4v) is 3.86. The van der Waals surface area contributed by atoms with Gasteiger partial charge in [-0.05, 0) is 52.3 Å². The fraction of sp³-hybridized carbons (Fsp3) is 0.680. The van der Waals surface area contributed by atoms with Crippen LogP contribution in [-0.2, 0) is 20.4 Å². The molecule has 1 amide bonds. The summed E-state index contributed by atoms with van der Waals surface area (Å²) in [6.07, 6.45) is 3.34. The van der Waals surface area contributed by atoms with Crippen LogP contribution in [0.1, 0.15) is 96.1 Å². The highest BCUT2D eigenvalue weighted by molar-refractivity contribution is 5.92. The Kier molecular flexibility index (Phi) is 7.19. The van der Waals surface area contributed by atoms with Crippen LogP contribution in [0, 0.1) is 11.8 Å². The Morgan fingerprint density at radius 1 is 0.966 bits per heavy atom. The second kappa shape index (κ2) is 8.89. The van der Waals surface area contributed by atoms with E-state index in [0.29, 0.717) is 17.4 Å². The molecule has 4 heteroatoms. The first-order valence-corrected chi connectivity index (χ1v) is 10.9. The number of hydrogen-bond donors (Lipinski definition) is 1. The van der Waals surface area contributed by atoms with Crippen LogP contribution < -0.4 is 5.32 Å². The maximum Gasteiger partial charge on any atom is 0.338 e. The molecule has 0 saturated heterocycles. The van der Waals surface area contributed by atoms with Crippen molar-refractivity contribution in [2.45, 2.75) is 91.5 Å². The number of hydrogen-bond acceptors (Lipinski definition) is 3. The van der Waals surface area contributed by atoms with Crippen molar-refractivity contribution in [2.24, 2.45) is 11.8 Å². The van der Waals surface area contributed by atoms with Crippen molar-refractivity contribution in [1.29, 1.82) is 0 Å². The third-order valence-electron chi connectivity index (χ3n) is 6.29. The van der Waals surface area contributed by atoms with E-state index in [4.69, 9.17) is 4.74 Å².